The number of hydrogen-bond donors (Lipinski definition) is 4. The van der Waals surface area contributed by atoms with E-state index in [-0.39, 0.29) is 17.0 Å². The highest BCUT2D eigenvalue weighted by atomic mass is 16.5. The van der Waals surface area contributed by atoms with E-state index in [0.29, 0.717) is 13.2 Å². The van der Waals surface area contributed by atoms with E-state index in [1.807, 2.05) is 20.8 Å². The molecule has 0 atom stereocenters. The normalized spacial score (nSPS) is 11.9. The molecule has 7 nitrogen and oxygen atoms in total. The molecular formula is C18H37N3O4. The molecule has 0 aromatic rings. The molecule has 0 unspecified atom stereocenters. The molecule has 0 rings (SSSR count). The highest BCUT2D eigenvalue weighted by Crippen LogP contribution is 2.20. The molecule has 0 aliphatic carbocycles. The highest BCUT2D eigenvalue weighted by molar-refractivity contribution is 5.68. The maximum atomic E-state index is 12.1. The molecule has 0 fully saturated rings. The number of carboxylic acid groups (broad SMARTS) is 1. The van der Waals surface area contributed by atoms with Crippen LogP contribution in [0.3, 0.4) is 0 Å². The van der Waals surface area contributed by atoms with E-state index in [9.17, 15) is 9.59 Å². The van der Waals surface area contributed by atoms with E-state index in [4.69, 9.17) is 9.84 Å². The van der Waals surface area contributed by atoms with Crippen LogP contribution in [-0.2, 0) is 4.74 Å². The fourth-order valence-corrected chi connectivity index (χ4v) is 2.40. The third-order valence-corrected chi connectivity index (χ3v) is 4.19. The molecule has 4 N–H and O–H groups in total. The number of ether oxygens (including phenoxy) is 1. The predicted octanol–water partition coefficient (Wildman–Crippen LogP) is 3.35. The van der Waals surface area contributed by atoms with E-state index in [1.54, 1.807) is 0 Å². The topological polar surface area (TPSA) is 99.7 Å². The fourth-order valence-electron chi connectivity index (χ4n) is 2.40. The largest absolute Gasteiger partial charge is 0.465 e. The number of amides is 2. The summed E-state index contributed by atoms with van der Waals surface area (Å²) in [6.45, 7) is 12.7. The van der Waals surface area contributed by atoms with Crippen molar-refractivity contribution in [3.8, 4) is 0 Å². The summed E-state index contributed by atoms with van der Waals surface area (Å²) >= 11 is 0. The van der Waals surface area contributed by atoms with Gasteiger partial charge >= 0.3 is 12.2 Å². The van der Waals surface area contributed by atoms with Crippen LogP contribution in [0.2, 0.25) is 0 Å². The maximum absolute atomic E-state index is 12.1. The lowest BCUT2D eigenvalue weighted by Gasteiger charge is -2.33. The summed E-state index contributed by atoms with van der Waals surface area (Å²) in [5.41, 5.74) is -0.303. The van der Waals surface area contributed by atoms with Crippen molar-refractivity contribution in [2.24, 2.45) is 5.41 Å². The molecule has 148 valence electrons. The average Bonchev–Trinajstić information content (AvgIpc) is 2.53. The lowest BCUT2D eigenvalue weighted by molar-refractivity contribution is 0.0938. The summed E-state index contributed by atoms with van der Waals surface area (Å²) in [6, 6.07) is 0. The summed E-state index contributed by atoms with van der Waals surface area (Å²) in [5.74, 6) is 0. The van der Waals surface area contributed by atoms with Crippen molar-refractivity contribution in [2.45, 2.75) is 72.3 Å². The van der Waals surface area contributed by atoms with Gasteiger partial charge in [-0.3, -0.25) is 0 Å². The van der Waals surface area contributed by atoms with E-state index in [0.717, 1.165) is 45.2 Å². The summed E-state index contributed by atoms with van der Waals surface area (Å²) in [6.07, 6.45) is 2.91. The molecule has 0 aliphatic heterocycles. The van der Waals surface area contributed by atoms with Crippen LogP contribution in [0.4, 0.5) is 9.59 Å². The van der Waals surface area contributed by atoms with Crippen LogP contribution in [0.5, 0.6) is 0 Å². The Morgan fingerprint density at radius 1 is 1.00 bits per heavy atom. The third kappa shape index (κ3) is 12.5. The third-order valence-electron chi connectivity index (χ3n) is 4.19. The Hall–Kier alpha value is -1.50. The minimum absolute atomic E-state index is 0.0462. The summed E-state index contributed by atoms with van der Waals surface area (Å²) in [7, 11) is 0. The van der Waals surface area contributed by atoms with E-state index in [1.165, 1.54) is 0 Å². The monoisotopic (exact) mass is 359 g/mol. The number of hydrogen-bond acceptors (Lipinski definition) is 4. The van der Waals surface area contributed by atoms with Crippen molar-refractivity contribution < 1.29 is 19.4 Å². The number of alkyl carbamates (subject to hydrolysis) is 1. The van der Waals surface area contributed by atoms with Gasteiger partial charge in [0.15, 0.2) is 0 Å². The summed E-state index contributed by atoms with van der Waals surface area (Å²) < 4.78 is 5.33. The number of rotatable bonds is 12. The standard InChI is InChI=1S/C18H37N3O4/c1-6-18(7-2,21-16(24)25-14-17(3,4)5)10-13-19-11-8-9-12-20-15(22)23/h19-20H,6-14H2,1-5H3,(H,21,24)(H,22,23). The van der Waals surface area contributed by atoms with E-state index < -0.39 is 6.09 Å². The van der Waals surface area contributed by atoms with Gasteiger partial charge in [0.25, 0.3) is 0 Å². The van der Waals surface area contributed by atoms with Crippen molar-refractivity contribution in [2.75, 3.05) is 26.2 Å². The van der Waals surface area contributed by atoms with Gasteiger partial charge < -0.3 is 25.8 Å². The number of unbranched alkanes of at least 4 members (excludes halogenated alkanes) is 1. The summed E-state index contributed by atoms with van der Waals surface area (Å²) in [5, 5.41) is 17.2. The van der Waals surface area contributed by atoms with E-state index in [2.05, 4.69) is 29.8 Å². The van der Waals surface area contributed by atoms with Gasteiger partial charge in [0, 0.05) is 12.1 Å². The molecule has 0 aromatic carbocycles. The Balaban J connectivity index is 4.09. The lowest BCUT2D eigenvalue weighted by atomic mass is 9.89. The van der Waals surface area contributed by atoms with Crippen molar-refractivity contribution in [1.82, 2.24) is 16.0 Å². The quantitative estimate of drug-likeness (QED) is 0.401. The first kappa shape index (κ1) is 23.5. The molecule has 25 heavy (non-hydrogen) atoms. The van der Waals surface area contributed by atoms with Crippen LogP contribution in [-0.4, -0.2) is 49.1 Å². The van der Waals surface area contributed by atoms with Crippen LogP contribution >= 0.6 is 0 Å². The summed E-state index contributed by atoms with van der Waals surface area (Å²) in [4.78, 5) is 22.4. The molecular weight excluding hydrogens is 322 g/mol. The number of carbonyl (C=O) groups is 2. The van der Waals surface area contributed by atoms with E-state index >= 15 is 0 Å². The van der Waals surface area contributed by atoms with Crippen molar-refractivity contribution >= 4 is 12.2 Å². The lowest BCUT2D eigenvalue weighted by Crippen LogP contribution is -2.49. The second kappa shape index (κ2) is 12.0. The second-order valence-corrected chi connectivity index (χ2v) is 7.69. The highest BCUT2D eigenvalue weighted by Gasteiger charge is 2.28. The van der Waals surface area contributed by atoms with Gasteiger partial charge in [-0.05, 0) is 50.6 Å². The Labute approximate surface area is 152 Å². The Morgan fingerprint density at radius 3 is 2.12 bits per heavy atom. The second-order valence-electron chi connectivity index (χ2n) is 7.69. The minimum atomic E-state index is -0.979. The maximum Gasteiger partial charge on any atom is 0.407 e. The fraction of sp³-hybridized carbons (Fsp3) is 0.889. The Morgan fingerprint density at radius 2 is 1.60 bits per heavy atom. The minimum Gasteiger partial charge on any atom is -0.465 e. The van der Waals surface area contributed by atoms with Crippen molar-refractivity contribution in [1.29, 1.82) is 0 Å². The molecule has 0 aromatic heterocycles. The first-order valence-corrected chi connectivity index (χ1v) is 9.26. The predicted molar refractivity (Wildman–Crippen MR) is 100.0 cm³/mol. The smallest absolute Gasteiger partial charge is 0.407 e. The zero-order valence-corrected chi connectivity index (χ0v) is 16.5. The van der Waals surface area contributed by atoms with Gasteiger partial charge in [-0.25, -0.2) is 9.59 Å². The van der Waals surface area contributed by atoms with Crippen molar-refractivity contribution in [3.63, 3.8) is 0 Å². The molecule has 0 saturated heterocycles. The Bertz CT molecular complexity index is 390. The molecule has 0 spiro atoms. The molecule has 0 bridgehead atoms. The van der Waals surface area contributed by atoms with Gasteiger partial charge in [-0.15, -0.1) is 0 Å². The van der Waals surface area contributed by atoms with Crippen LogP contribution in [0, 0.1) is 5.41 Å². The SMILES string of the molecule is CCC(CC)(CCNCCCCNC(=O)O)NC(=O)OCC(C)(C)C. The first-order valence-electron chi connectivity index (χ1n) is 9.26. The zero-order valence-electron chi connectivity index (χ0n) is 16.5. The number of nitrogens with one attached hydrogen (secondary N) is 3. The molecule has 7 heteroatoms. The molecule has 0 heterocycles. The van der Waals surface area contributed by atoms with Gasteiger partial charge in [0.05, 0.1) is 6.61 Å². The van der Waals surface area contributed by atoms with Crippen molar-refractivity contribution in [3.05, 3.63) is 0 Å². The van der Waals surface area contributed by atoms with Crippen LogP contribution < -0.4 is 16.0 Å². The van der Waals surface area contributed by atoms with Crippen LogP contribution in [0.25, 0.3) is 0 Å². The number of carbonyl (C=O) groups excluding carboxylic acids is 1. The first-order chi connectivity index (χ1) is 11.6. The van der Waals surface area contributed by atoms with Gasteiger partial charge in [0.1, 0.15) is 0 Å². The molecule has 2 amide bonds. The molecule has 0 radical (unpaired) electrons. The Kier molecular flexibility index (Phi) is 11.2. The molecule has 0 aliphatic rings. The zero-order chi connectivity index (χ0) is 19.3. The van der Waals surface area contributed by atoms with Gasteiger partial charge in [-0.2, -0.15) is 0 Å². The van der Waals surface area contributed by atoms with Crippen LogP contribution in [0.15, 0.2) is 0 Å². The van der Waals surface area contributed by atoms with Gasteiger partial charge in [0.2, 0.25) is 0 Å². The molecule has 0 saturated carbocycles. The van der Waals surface area contributed by atoms with Gasteiger partial charge in [-0.1, -0.05) is 34.6 Å². The van der Waals surface area contributed by atoms with Crippen LogP contribution in [0.1, 0.15) is 66.7 Å². The average molecular weight is 360 g/mol.